The highest BCUT2D eigenvalue weighted by Crippen LogP contribution is 2.42. The van der Waals surface area contributed by atoms with Gasteiger partial charge in [-0.15, -0.1) is 10.2 Å². The second kappa shape index (κ2) is 6.38. The zero-order valence-electron chi connectivity index (χ0n) is 16.7. The van der Waals surface area contributed by atoms with Crippen molar-refractivity contribution in [2.24, 2.45) is 5.92 Å². The first-order valence-corrected chi connectivity index (χ1v) is 10.7. The smallest absolute Gasteiger partial charge is 0.253 e. The molecule has 0 radical (unpaired) electrons. The van der Waals surface area contributed by atoms with Gasteiger partial charge in [0.1, 0.15) is 17.2 Å². The van der Waals surface area contributed by atoms with E-state index in [0.29, 0.717) is 23.3 Å². The number of rotatable bonds is 6. The Morgan fingerprint density at radius 3 is 2.60 bits per heavy atom. The number of nitrogens with zero attached hydrogens (tertiary/aromatic N) is 4. The van der Waals surface area contributed by atoms with Crippen molar-refractivity contribution in [2.45, 2.75) is 57.0 Å². The number of hydrogen-bond donors (Lipinski definition) is 3. The van der Waals surface area contributed by atoms with Crippen LogP contribution < -0.4 is 21.5 Å². The van der Waals surface area contributed by atoms with Crippen molar-refractivity contribution in [3.63, 3.8) is 0 Å². The third-order valence-electron chi connectivity index (χ3n) is 6.70. The number of aromatic amines is 1. The predicted octanol–water partition coefficient (Wildman–Crippen LogP) is 2.16. The van der Waals surface area contributed by atoms with Gasteiger partial charge in [0, 0.05) is 24.2 Å². The van der Waals surface area contributed by atoms with E-state index < -0.39 is 10.9 Å². The fourth-order valence-corrected chi connectivity index (χ4v) is 4.95. The Kier molecular flexibility index (Phi) is 3.75. The first kappa shape index (κ1) is 17.6. The molecule has 0 spiro atoms. The summed E-state index contributed by atoms with van der Waals surface area (Å²) in [5, 5.41) is 15.5. The van der Waals surface area contributed by atoms with Gasteiger partial charge in [-0.05, 0) is 37.7 Å². The summed E-state index contributed by atoms with van der Waals surface area (Å²) in [6, 6.07) is 2.46. The normalized spacial score (nSPS) is 24.2. The standard InChI is InChI=1S/C21H23N7O2/c1-2-10-7-12(25-17-16(18(29)19(17)30)24-11-3-4-11)8-13(10)21-27-26-15-9-23-20-14(28(15)21)5-6-22-20/h5-6,9-13,22,24-25H,2-4,7-8H2,1H3. The number of nitrogens with one attached hydrogen (secondary N) is 3. The van der Waals surface area contributed by atoms with E-state index >= 15 is 0 Å². The van der Waals surface area contributed by atoms with E-state index in [4.69, 9.17) is 0 Å². The van der Waals surface area contributed by atoms with Crippen LogP contribution in [-0.2, 0) is 0 Å². The van der Waals surface area contributed by atoms with Gasteiger partial charge in [0.25, 0.3) is 10.9 Å². The van der Waals surface area contributed by atoms with Crippen molar-refractivity contribution in [1.82, 2.24) is 24.6 Å². The topological polar surface area (TPSA) is 117 Å². The van der Waals surface area contributed by atoms with Crippen molar-refractivity contribution in [3.05, 3.63) is 44.7 Å². The fourth-order valence-electron chi connectivity index (χ4n) is 4.95. The maximum atomic E-state index is 12.2. The van der Waals surface area contributed by atoms with Crippen molar-refractivity contribution in [2.75, 3.05) is 10.6 Å². The van der Waals surface area contributed by atoms with Gasteiger partial charge in [0.05, 0.1) is 11.7 Å². The van der Waals surface area contributed by atoms with Gasteiger partial charge in [-0.25, -0.2) is 4.98 Å². The lowest BCUT2D eigenvalue weighted by atomic mass is 9.93. The van der Waals surface area contributed by atoms with Crippen LogP contribution in [-0.4, -0.2) is 36.6 Å². The van der Waals surface area contributed by atoms with Crippen LogP contribution in [0.5, 0.6) is 0 Å². The summed E-state index contributed by atoms with van der Waals surface area (Å²) >= 11 is 0. The van der Waals surface area contributed by atoms with Crippen LogP contribution in [0.15, 0.2) is 28.0 Å². The molecule has 154 valence electrons. The number of H-pyrrole nitrogens is 1. The number of hydrogen-bond acceptors (Lipinski definition) is 7. The molecule has 4 aromatic rings. The Morgan fingerprint density at radius 2 is 1.87 bits per heavy atom. The highest BCUT2D eigenvalue weighted by atomic mass is 16.2. The van der Waals surface area contributed by atoms with Crippen molar-refractivity contribution in [3.8, 4) is 0 Å². The molecule has 9 nitrogen and oxygen atoms in total. The largest absolute Gasteiger partial charge is 0.377 e. The van der Waals surface area contributed by atoms with Gasteiger partial charge in [0.15, 0.2) is 11.3 Å². The van der Waals surface area contributed by atoms with Gasteiger partial charge < -0.3 is 15.6 Å². The zero-order valence-corrected chi connectivity index (χ0v) is 16.7. The lowest BCUT2D eigenvalue weighted by molar-refractivity contribution is 0.451. The Balaban J connectivity index is 1.31. The molecule has 3 N–H and O–H groups in total. The molecule has 6 rings (SSSR count). The van der Waals surface area contributed by atoms with Crippen LogP contribution >= 0.6 is 0 Å². The Labute approximate surface area is 171 Å². The predicted molar refractivity (Wildman–Crippen MR) is 114 cm³/mol. The minimum atomic E-state index is -0.400. The molecular formula is C21H23N7O2. The van der Waals surface area contributed by atoms with Gasteiger partial charge in [-0.3, -0.25) is 14.0 Å². The Bertz CT molecular complexity index is 1320. The molecule has 0 amide bonds. The van der Waals surface area contributed by atoms with Crippen molar-refractivity contribution < 1.29 is 0 Å². The SMILES string of the molecule is CCC1CC(Nc2c(NC3CC3)c(=O)c2=O)CC1c1nnc2cnc3[nH]ccc3n12. The van der Waals surface area contributed by atoms with Gasteiger partial charge in [-0.2, -0.15) is 0 Å². The monoisotopic (exact) mass is 405 g/mol. The minimum Gasteiger partial charge on any atom is -0.377 e. The molecule has 2 saturated carbocycles. The lowest BCUT2D eigenvalue weighted by Crippen LogP contribution is -2.39. The maximum Gasteiger partial charge on any atom is 0.253 e. The number of anilines is 2. The summed E-state index contributed by atoms with van der Waals surface area (Å²) in [7, 11) is 0. The van der Waals surface area contributed by atoms with Crippen LogP contribution in [0.4, 0.5) is 11.4 Å². The van der Waals surface area contributed by atoms with Gasteiger partial charge >= 0.3 is 0 Å². The fraction of sp³-hybridized carbons (Fsp3) is 0.476. The van der Waals surface area contributed by atoms with E-state index in [1.807, 2.05) is 12.3 Å². The first-order valence-electron chi connectivity index (χ1n) is 10.7. The summed E-state index contributed by atoms with van der Waals surface area (Å²) in [6.07, 6.45) is 8.51. The van der Waals surface area contributed by atoms with Crippen LogP contribution in [0.25, 0.3) is 16.8 Å². The number of aromatic nitrogens is 5. The minimum absolute atomic E-state index is 0.124. The second-order valence-corrected chi connectivity index (χ2v) is 8.64. The van der Waals surface area contributed by atoms with E-state index in [-0.39, 0.29) is 12.0 Å². The molecule has 3 aromatic heterocycles. The quantitative estimate of drug-likeness (QED) is 0.421. The lowest BCUT2D eigenvalue weighted by Gasteiger charge is -2.19. The van der Waals surface area contributed by atoms with Crippen LogP contribution in [0, 0.1) is 5.92 Å². The molecule has 1 aromatic carbocycles. The van der Waals surface area contributed by atoms with E-state index in [0.717, 1.165) is 54.7 Å². The van der Waals surface area contributed by atoms with Gasteiger partial charge in [0.2, 0.25) is 0 Å². The van der Waals surface area contributed by atoms with Gasteiger partial charge in [-0.1, -0.05) is 13.3 Å². The maximum absolute atomic E-state index is 12.2. The Hall–Kier alpha value is -3.23. The zero-order chi connectivity index (χ0) is 20.4. The van der Waals surface area contributed by atoms with Crippen LogP contribution in [0.2, 0.25) is 0 Å². The average molecular weight is 405 g/mol. The summed E-state index contributed by atoms with van der Waals surface area (Å²) in [5.41, 5.74) is 2.67. The van der Waals surface area contributed by atoms with E-state index in [1.165, 1.54) is 0 Å². The molecule has 9 heteroatoms. The summed E-state index contributed by atoms with van der Waals surface area (Å²) in [6.45, 7) is 2.19. The molecule has 0 aliphatic heterocycles. The molecule has 0 bridgehead atoms. The van der Waals surface area contributed by atoms with E-state index in [1.54, 1.807) is 6.20 Å². The van der Waals surface area contributed by atoms with E-state index in [2.05, 4.69) is 42.1 Å². The van der Waals surface area contributed by atoms with E-state index in [9.17, 15) is 9.59 Å². The molecule has 3 heterocycles. The Morgan fingerprint density at radius 1 is 1.10 bits per heavy atom. The van der Waals surface area contributed by atoms with Crippen LogP contribution in [0.1, 0.15) is 50.8 Å². The highest BCUT2D eigenvalue weighted by Gasteiger charge is 2.39. The summed E-state index contributed by atoms with van der Waals surface area (Å²) in [5.74, 6) is 1.58. The molecule has 30 heavy (non-hydrogen) atoms. The van der Waals surface area contributed by atoms with Crippen molar-refractivity contribution >= 4 is 28.2 Å². The molecule has 3 atom stereocenters. The molecular weight excluding hydrogens is 382 g/mol. The highest BCUT2D eigenvalue weighted by molar-refractivity contribution is 5.75. The average Bonchev–Trinajstić information content (AvgIpc) is 3.15. The second-order valence-electron chi connectivity index (χ2n) is 8.64. The van der Waals surface area contributed by atoms with Crippen molar-refractivity contribution in [1.29, 1.82) is 0 Å². The molecule has 3 unspecified atom stereocenters. The first-order chi connectivity index (χ1) is 14.6. The molecule has 2 aliphatic rings. The van der Waals surface area contributed by atoms with Crippen LogP contribution in [0.3, 0.4) is 0 Å². The summed E-state index contributed by atoms with van der Waals surface area (Å²) < 4.78 is 2.09. The molecule has 2 aliphatic carbocycles. The molecule has 2 fully saturated rings. The third-order valence-corrected chi connectivity index (χ3v) is 6.70. The summed E-state index contributed by atoms with van der Waals surface area (Å²) in [4.78, 5) is 31.7. The molecule has 0 saturated heterocycles. The number of fused-ring (bicyclic) bond motifs is 3. The third kappa shape index (κ3) is 2.57.